The van der Waals surface area contributed by atoms with E-state index in [4.69, 9.17) is 18.9 Å². The number of ketones is 1. The lowest BCUT2D eigenvalue weighted by Crippen LogP contribution is -2.09. The molecule has 0 aliphatic rings. The zero-order valence-corrected chi connectivity index (χ0v) is 18.4. The van der Waals surface area contributed by atoms with Crippen molar-refractivity contribution in [2.45, 2.75) is 30.7 Å². The predicted octanol–water partition coefficient (Wildman–Crippen LogP) is 6.04. The molecule has 0 N–H and O–H groups in total. The maximum absolute atomic E-state index is 12.3. The third-order valence-corrected chi connectivity index (χ3v) is 5.48. The Morgan fingerprint density at radius 2 is 1.60 bits per heavy atom. The van der Waals surface area contributed by atoms with Crippen LogP contribution in [-0.4, -0.2) is 30.2 Å². The van der Waals surface area contributed by atoms with Gasteiger partial charge in [0.25, 0.3) is 5.22 Å². The van der Waals surface area contributed by atoms with Crippen LogP contribution >= 0.6 is 11.8 Å². The van der Waals surface area contributed by atoms with Crippen molar-refractivity contribution in [3.63, 3.8) is 0 Å². The van der Waals surface area contributed by atoms with Gasteiger partial charge in [0.1, 0.15) is 17.2 Å². The second-order valence-corrected chi connectivity index (χ2v) is 7.88. The number of carbonyl (C=O) groups is 1. The molecule has 0 fully saturated rings. The molecule has 1 aromatic heterocycles. The molecule has 30 heavy (non-hydrogen) atoms. The molecule has 1 heterocycles. The van der Waals surface area contributed by atoms with Crippen molar-refractivity contribution >= 4 is 17.5 Å². The summed E-state index contributed by atoms with van der Waals surface area (Å²) < 4.78 is 16.6. The number of aromatic nitrogens is 1. The lowest BCUT2D eigenvalue weighted by atomic mass is 10.1. The Kier molecular flexibility index (Phi) is 7.36. The van der Waals surface area contributed by atoms with Crippen LogP contribution in [0.2, 0.25) is 0 Å². The summed E-state index contributed by atoms with van der Waals surface area (Å²) in [6.07, 6.45) is 4.31. The minimum atomic E-state index is -0.293. The van der Waals surface area contributed by atoms with Crippen LogP contribution in [0.4, 0.5) is 0 Å². The molecule has 2 aromatic carbocycles. The molecule has 0 saturated carbocycles. The molecule has 3 rings (SSSR count). The van der Waals surface area contributed by atoms with E-state index in [2.05, 4.69) is 0 Å². The fraction of sp³-hybridized carbons (Fsp3) is 0.250. The maximum atomic E-state index is 12.3. The molecule has 6 heteroatoms. The molecule has 0 saturated heterocycles. The first-order valence-electron chi connectivity index (χ1n) is 9.72. The first kappa shape index (κ1) is 21.7. The second-order valence-electron chi connectivity index (χ2n) is 6.59. The predicted molar refractivity (Wildman–Crippen MR) is 120 cm³/mol. The molecule has 5 nitrogen and oxygen atoms in total. The third-order valence-electron chi connectivity index (χ3n) is 4.52. The average molecular weight is 424 g/mol. The van der Waals surface area contributed by atoms with Crippen molar-refractivity contribution < 1.29 is 18.7 Å². The number of nitrogens with zero attached hydrogens (tertiary/aromatic N) is 1. The van der Waals surface area contributed by atoms with E-state index in [-0.39, 0.29) is 11.0 Å². The van der Waals surface area contributed by atoms with Crippen molar-refractivity contribution in [3.8, 4) is 34.1 Å². The third kappa shape index (κ3) is 5.13. The fourth-order valence-electron chi connectivity index (χ4n) is 2.81. The number of rotatable bonds is 9. The lowest BCUT2D eigenvalue weighted by Gasteiger charge is -2.04. The van der Waals surface area contributed by atoms with E-state index >= 15 is 0 Å². The number of allylic oxidation sites excluding steroid dienone is 2. The van der Waals surface area contributed by atoms with Crippen molar-refractivity contribution in [1.29, 1.82) is 0 Å². The van der Waals surface area contributed by atoms with Gasteiger partial charge in [-0.2, -0.15) is 0 Å². The summed E-state index contributed by atoms with van der Waals surface area (Å²) in [5.74, 6) is 2.22. The van der Waals surface area contributed by atoms with Crippen LogP contribution in [0.25, 0.3) is 22.6 Å². The maximum Gasteiger partial charge on any atom is 0.257 e. The standard InChI is InChI=1S/C24H25NO4S/c1-5-6-7-21(26)16(2)30-24-25-22(17-8-12-19(27-3)13-9-17)23(29-24)18-10-14-20(28-4)15-11-18/h6-16H,5H2,1-4H3/b7-6+. The first-order valence-corrected chi connectivity index (χ1v) is 10.6. The van der Waals surface area contributed by atoms with E-state index in [0.29, 0.717) is 16.7 Å². The highest BCUT2D eigenvalue weighted by Gasteiger charge is 2.21. The van der Waals surface area contributed by atoms with Crippen LogP contribution in [-0.2, 0) is 4.79 Å². The minimum Gasteiger partial charge on any atom is -0.497 e. The molecule has 0 amide bonds. The van der Waals surface area contributed by atoms with Gasteiger partial charge in [-0.15, -0.1) is 0 Å². The van der Waals surface area contributed by atoms with Crippen molar-refractivity contribution in [1.82, 2.24) is 4.98 Å². The van der Waals surface area contributed by atoms with Gasteiger partial charge in [0.15, 0.2) is 11.5 Å². The van der Waals surface area contributed by atoms with E-state index in [1.165, 1.54) is 11.8 Å². The molecule has 1 atom stereocenters. The Morgan fingerprint density at radius 3 is 2.13 bits per heavy atom. The molecule has 0 aliphatic heterocycles. The number of hydrogen-bond acceptors (Lipinski definition) is 6. The van der Waals surface area contributed by atoms with E-state index in [0.717, 1.165) is 29.0 Å². The van der Waals surface area contributed by atoms with Crippen LogP contribution in [0.1, 0.15) is 20.3 Å². The summed E-state index contributed by atoms with van der Waals surface area (Å²) in [4.78, 5) is 17.0. The normalized spacial score (nSPS) is 12.1. The number of oxazole rings is 1. The van der Waals surface area contributed by atoms with Gasteiger partial charge in [-0.1, -0.05) is 24.8 Å². The topological polar surface area (TPSA) is 61.6 Å². The Labute approximate surface area is 181 Å². The molecule has 0 bridgehead atoms. The number of ether oxygens (including phenoxy) is 2. The van der Waals surface area contributed by atoms with Gasteiger partial charge in [0.05, 0.1) is 19.5 Å². The molecular formula is C24H25NO4S. The molecule has 0 spiro atoms. The van der Waals surface area contributed by atoms with Gasteiger partial charge in [0.2, 0.25) is 0 Å². The van der Waals surface area contributed by atoms with Gasteiger partial charge in [-0.25, -0.2) is 4.98 Å². The zero-order valence-electron chi connectivity index (χ0n) is 17.5. The molecule has 156 valence electrons. The van der Waals surface area contributed by atoms with E-state index < -0.39 is 0 Å². The van der Waals surface area contributed by atoms with Crippen LogP contribution < -0.4 is 9.47 Å². The summed E-state index contributed by atoms with van der Waals surface area (Å²) in [6, 6.07) is 15.3. The molecule has 1 unspecified atom stereocenters. The summed E-state index contributed by atoms with van der Waals surface area (Å²) in [5, 5.41) is 0.163. The SMILES string of the molecule is CC/C=C/C(=O)C(C)Sc1nc(-c2ccc(OC)cc2)c(-c2ccc(OC)cc2)o1. The fourth-order valence-corrected chi connectivity index (χ4v) is 3.58. The number of thioether (sulfide) groups is 1. The van der Waals surface area contributed by atoms with Gasteiger partial charge < -0.3 is 13.9 Å². The van der Waals surface area contributed by atoms with E-state index in [1.54, 1.807) is 20.3 Å². The van der Waals surface area contributed by atoms with Crippen molar-refractivity contribution in [2.24, 2.45) is 0 Å². The van der Waals surface area contributed by atoms with E-state index in [1.807, 2.05) is 68.5 Å². The van der Waals surface area contributed by atoms with Gasteiger partial charge >= 0.3 is 0 Å². The van der Waals surface area contributed by atoms with Crippen LogP contribution in [0.5, 0.6) is 11.5 Å². The summed E-state index contributed by atoms with van der Waals surface area (Å²) >= 11 is 1.31. The Bertz CT molecular complexity index is 942. The highest BCUT2D eigenvalue weighted by atomic mass is 32.2. The molecule has 0 aliphatic carbocycles. The zero-order chi connectivity index (χ0) is 21.5. The van der Waals surface area contributed by atoms with Crippen LogP contribution in [0, 0.1) is 0 Å². The summed E-state index contributed by atoms with van der Waals surface area (Å²) in [7, 11) is 3.26. The second kappa shape index (κ2) is 10.2. The largest absolute Gasteiger partial charge is 0.497 e. The van der Waals surface area contributed by atoms with Crippen molar-refractivity contribution in [3.05, 3.63) is 60.7 Å². The van der Waals surface area contributed by atoms with Crippen molar-refractivity contribution in [2.75, 3.05) is 14.2 Å². The smallest absolute Gasteiger partial charge is 0.257 e. The van der Waals surface area contributed by atoms with Gasteiger partial charge in [0, 0.05) is 11.1 Å². The lowest BCUT2D eigenvalue weighted by molar-refractivity contribution is -0.113. The highest BCUT2D eigenvalue weighted by molar-refractivity contribution is 8.00. The van der Waals surface area contributed by atoms with Crippen LogP contribution in [0.15, 0.2) is 70.3 Å². The number of hydrogen-bond donors (Lipinski definition) is 0. The number of benzene rings is 2. The molecule has 0 radical (unpaired) electrons. The van der Waals surface area contributed by atoms with Gasteiger partial charge in [-0.05, 0) is 68.0 Å². The van der Waals surface area contributed by atoms with Gasteiger partial charge in [-0.3, -0.25) is 4.79 Å². The molecular weight excluding hydrogens is 398 g/mol. The summed E-state index contributed by atoms with van der Waals surface area (Å²) in [5.41, 5.74) is 2.50. The Morgan fingerprint density at radius 1 is 1.03 bits per heavy atom. The average Bonchev–Trinajstić information content (AvgIpc) is 3.21. The van der Waals surface area contributed by atoms with Crippen LogP contribution in [0.3, 0.4) is 0 Å². The highest BCUT2D eigenvalue weighted by Crippen LogP contribution is 2.37. The Balaban J connectivity index is 1.97. The first-order chi connectivity index (χ1) is 14.5. The Hall–Kier alpha value is -2.99. The quantitative estimate of drug-likeness (QED) is 0.309. The summed E-state index contributed by atoms with van der Waals surface area (Å²) in [6.45, 7) is 3.86. The molecule has 3 aromatic rings. The minimum absolute atomic E-state index is 0.0389. The number of methoxy groups -OCH3 is 2. The number of carbonyl (C=O) groups excluding carboxylic acids is 1. The monoisotopic (exact) mass is 423 g/mol. The van der Waals surface area contributed by atoms with E-state index in [9.17, 15) is 4.79 Å².